The molecule has 100 valence electrons. The van der Waals surface area contributed by atoms with Gasteiger partial charge >= 0.3 is 5.97 Å². The average molecular weight is 278 g/mol. The van der Waals surface area contributed by atoms with Gasteiger partial charge in [0.25, 0.3) is 0 Å². The first-order valence-corrected chi connectivity index (χ1v) is 7.22. The molecule has 0 amide bonds. The Hall–Kier alpha value is -1.95. The number of aromatic nitrogens is 2. The van der Waals surface area contributed by atoms with Crippen molar-refractivity contribution in [2.24, 2.45) is 0 Å². The van der Waals surface area contributed by atoms with Crippen molar-refractivity contribution in [1.82, 2.24) is 9.78 Å². The predicted molar refractivity (Wildman–Crippen MR) is 71.6 cm³/mol. The Morgan fingerprint density at radius 2 is 2.11 bits per heavy atom. The maximum absolute atomic E-state index is 11.6. The number of methoxy groups -OCH3 is 1. The summed E-state index contributed by atoms with van der Waals surface area (Å²) in [5.74, 6) is -0.321. The summed E-state index contributed by atoms with van der Waals surface area (Å²) in [6, 6.07) is 9.05. The van der Waals surface area contributed by atoms with Crippen molar-refractivity contribution in [3.05, 3.63) is 42.1 Å². The van der Waals surface area contributed by atoms with Crippen LogP contribution in [0.3, 0.4) is 0 Å². The Labute approximate surface area is 113 Å². The van der Waals surface area contributed by atoms with E-state index in [2.05, 4.69) is 9.84 Å². The molecule has 19 heavy (non-hydrogen) atoms. The Balaban J connectivity index is 2.47. The first kappa shape index (κ1) is 13.5. The summed E-state index contributed by atoms with van der Waals surface area (Å²) in [4.78, 5) is 11.4. The van der Waals surface area contributed by atoms with E-state index in [1.807, 2.05) is 24.3 Å². The summed E-state index contributed by atoms with van der Waals surface area (Å²) < 4.78 is 17.9. The molecule has 0 saturated heterocycles. The highest BCUT2D eigenvalue weighted by Crippen LogP contribution is 2.18. The molecular weight excluding hydrogens is 264 g/mol. The second kappa shape index (κ2) is 5.79. The highest BCUT2D eigenvalue weighted by molar-refractivity contribution is 7.84. The van der Waals surface area contributed by atoms with Gasteiger partial charge in [-0.25, -0.2) is 4.68 Å². The summed E-state index contributed by atoms with van der Waals surface area (Å²) in [5.41, 5.74) is 1.52. The molecule has 1 aromatic heterocycles. The van der Waals surface area contributed by atoms with Crippen molar-refractivity contribution in [3.63, 3.8) is 0 Å². The molecule has 0 spiro atoms. The smallest absolute Gasteiger partial charge is 0.310 e. The SMILES string of the molecule is COC(=O)Cc1ccccc1-n1nccc1[S@@](C)=O. The van der Waals surface area contributed by atoms with Crippen LogP contribution in [0.15, 0.2) is 41.6 Å². The van der Waals surface area contributed by atoms with Gasteiger partial charge in [-0.1, -0.05) is 18.2 Å². The van der Waals surface area contributed by atoms with Gasteiger partial charge in [-0.2, -0.15) is 5.10 Å². The monoisotopic (exact) mass is 278 g/mol. The minimum absolute atomic E-state index is 0.155. The molecule has 0 N–H and O–H groups in total. The maximum atomic E-state index is 11.6. The zero-order chi connectivity index (χ0) is 13.8. The van der Waals surface area contributed by atoms with Crippen molar-refractivity contribution >= 4 is 16.8 Å². The third kappa shape index (κ3) is 2.90. The number of benzene rings is 1. The van der Waals surface area contributed by atoms with E-state index in [0.29, 0.717) is 5.03 Å². The largest absolute Gasteiger partial charge is 0.469 e. The van der Waals surface area contributed by atoms with Crippen LogP contribution in [0, 0.1) is 0 Å². The van der Waals surface area contributed by atoms with E-state index in [9.17, 15) is 9.00 Å². The molecule has 1 heterocycles. The predicted octanol–water partition coefficient (Wildman–Crippen LogP) is 1.33. The van der Waals surface area contributed by atoms with Crippen molar-refractivity contribution < 1.29 is 13.7 Å². The van der Waals surface area contributed by atoms with Crippen molar-refractivity contribution in [2.45, 2.75) is 11.4 Å². The summed E-state index contributed by atoms with van der Waals surface area (Å²) >= 11 is 0. The van der Waals surface area contributed by atoms with Crippen LogP contribution in [-0.2, 0) is 26.8 Å². The van der Waals surface area contributed by atoms with Crippen LogP contribution in [0.25, 0.3) is 5.69 Å². The van der Waals surface area contributed by atoms with Gasteiger partial charge in [0, 0.05) is 6.26 Å². The molecule has 2 aromatic rings. The van der Waals surface area contributed by atoms with E-state index in [4.69, 9.17) is 0 Å². The van der Waals surface area contributed by atoms with Crippen molar-refractivity contribution in [3.8, 4) is 5.69 Å². The van der Waals surface area contributed by atoms with Crippen LogP contribution in [0.2, 0.25) is 0 Å². The lowest BCUT2D eigenvalue weighted by molar-refractivity contribution is -0.139. The molecule has 1 aromatic carbocycles. The molecule has 0 aliphatic rings. The molecule has 0 unspecified atom stereocenters. The number of carbonyl (C=O) groups excluding carboxylic acids is 1. The van der Waals surface area contributed by atoms with Gasteiger partial charge in [0.15, 0.2) is 0 Å². The molecule has 6 heteroatoms. The van der Waals surface area contributed by atoms with Gasteiger partial charge < -0.3 is 4.74 Å². The Kier molecular flexibility index (Phi) is 4.11. The van der Waals surface area contributed by atoms with Gasteiger partial charge in [0.1, 0.15) is 5.03 Å². The third-order valence-corrected chi connectivity index (χ3v) is 3.58. The van der Waals surface area contributed by atoms with E-state index < -0.39 is 10.8 Å². The van der Waals surface area contributed by atoms with Crippen molar-refractivity contribution in [2.75, 3.05) is 13.4 Å². The standard InChI is InChI=1S/C13H14N2O3S/c1-18-13(16)9-10-5-3-4-6-11(10)15-12(19(2)17)7-8-14-15/h3-8H,9H2,1-2H3/t19-/m1/s1. The second-order valence-electron chi connectivity index (χ2n) is 3.92. The number of hydrogen-bond acceptors (Lipinski definition) is 4. The minimum atomic E-state index is -1.15. The fourth-order valence-corrected chi connectivity index (χ4v) is 2.43. The molecule has 0 aliphatic carbocycles. The number of carbonyl (C=O) groups is 1. The number of para-hydroxylation sites is 1. The Morgan fingerprint density at radius 3 is 2.79 bits per heavy atom. The molecule has 1 atom stereocenters. The van der Waals surface area contributed by atoms with E-state index in [0.717, 1.165) is 11.3 Å². The van der Waals surface area contributed by atoms with Gasteiger partial charge in [-0.05, 0) is 17.7 Å². The maximum Gasteiger partial charge on any atom is 0.310 e. The molecule has 0 fully saturated rings. The van der Waals surface area contributed by atoms with Crippen molar-refractivity contribution in [1.29, 1.82) is 0 Å². The lowest BCUT2D eigenvalue weighted by Gasteiger charge is -2.10. The topological polar surface area (TPSA) is 61.2 Å². The fraction of sp³-hybridized carbons (Fsp3) is 0.231. The molecule has 0 saturated carbocycles. The van der Waals surface area contributed by atoms with Crippen LogP contribution < -0.4 is 0 Å². The van der Waals surface area contributed by atoms with Gasteiger partial charge in [0.2, 0.25) is 0 Å². The lowest BCUT2D eigenvalue weighted by Crippen LogP contribution is -2.10. The molecular formula is C13H14N2O3S. The van der Waals surface area contributed by atoms with Crippen LogP contribution in [-0.4, -0.2) is 33.3 Å². The quantitative estimate of drug-likeness (QED) is 0.791. The highest BCUT2D eigenvalue weighted by atomic mass is 32.2. The highest BCUT2D eigenvalue weighted by Gasteiger charge is 2.13. The van der Waals surface area contributed by atoms with Gasteiger partial charge in [-0.15, -0.1) is 0 Å². The van der Waals surface area contributed by atoms with Gasteiger partial charge in [-0.3, -0.25) is 9.00 Å². The number of ether oxygens (including phenoxy) is 1. The average Bonchev–Trinajstić information content (AvgIpc) is 2.88. The molecule has 0 aliphatic heterocycles. The first-order chi connectivity index (χ1) is 9.13. The Morgan fingerprint density at radius 1 is 1.37 bits per heavy atom. The van der Waals surface area contributed by atoms with E-state index in [1.54, 1.807) is 23.2 Å². The summed E-state index contributed by atoms with van der Waals surface area (Å²) in [6.07, 6.45) is 3.34. The lowest BCUT2D eigenvalue weighted by atomic mass is 10.1. The number of esters is 1. The summed E-state index contributed by atoms with van der Waals surface area (Å²) in [6.45, 7) is 0. The minimum Gasteiger partial charge on any atom is -0.469 e. The molecule has 0 radical (unpaired) electrons. The summed E-state index contributed by atoms with van der Waals surface area (Å²) in [5, 5.41) is 4.77. The number of rotatable bonds is 4. The van der Waals surface area contributed by atoms with E-state index in [-0.39, 0.29) is 12.4 Å². The van der Waals surface area contributed by atoms with E-state index in [1.165, 1.54) is 7.11 Å². The fourth-order valence-electron chi connectivity index (χ4n) is 1.78. The number of nitrogens with zero attached hydrogens (tertiary/aromatic N) is 2. The number of hydrogen-bond donors (Lipinski definition) is 0. The van der Waals surface area contributed by atoms with Crippen LogP contribution in [0.5, 0.6) is 0 Å². The van der Waals surface area contributed by atoms with Crippen LogP contribution >= 0.6 is 0 Å². The normalized spacial score (nSPS) is 12.1. The summed E-state index contributed by atoms with van der Waals surface area (Å²) in [7, 11) is 0.204. The third-order valence-electron chi connectivity index (χ3n) is 2.68. The van der Waals surface area contributed by atoms with Crippen LogP contribution in [0.1, 0.15) is 5.56 Å². The zero-order valence-corrected chi connectivity index (χ0v) is 11.5. The van der Waals surface area contributed by atoms with Gasteiger partial charge in [0.05, 0.1) is 36.2 Å². The van der Waals surface area contributed by atoms with Crippen LogP contribution in [0.4, 0.5) is 0 Å². The molecule has 0 bridgehead atoms. The second-order valence-corrected chi connectivity index (χ2v) is 5.24. The molecule has 5 nitrogen and oxygen atoms in total. The zero-order valence-electron chi connectivity index (χ0n) is 10.7. The van der Waals surface area contributed by atoms with E-state index >= 15 is 0 Å². The molecule has 2 rings (SSSR count). The Bertz CT molecular complexity index is 622. The first-order valence-electron chi connectivity index (χ1n) is 5.66.